The first kappa shape index (κ1) is 19.3. The van der Waals surface area contributed by atoms with E-state index in [4.69, 9.17) is 0 Å². The molecule has 2 atom stereocenters. The zero-order valence-corrected chi connectivity index (χ0v) is 17.4. The van der Waals surface area contributed by atoms with Crippen molar-refractivity contribution >= 4 is 29.1 Å². The number of anilines is 1. The molecule has 0 heterocycles. The molecule has 0 radical (unpaired) electrons. The van der Waals surface area contributed by atoms with Gasteiger partial charge in [0.1, 0.15) is 5.78 Å². The van der Waals surface area contributed by atoms with Crippen LogP contribution >= 0.6 is 11.8 Å². The van der Waals surface area contributed by atoms with Gasteiger partial charge in [-0.1, -0.05) is 30.3 Å². The lowest BCUT2D eigenvalue weighted by Crippen LogP contribution is -2.40. The number of amides is 1. The van der Waals surface area contributed by atoms with Crippen LogP contribution in [0.3, 0.4) is 0 Å². The molecule has 3 nitrogen and oxygen atoms in total. The molecule has 0 aromatic heterocycles. The molecular weight excluding hydrogens is 366 g/mol. The molecule has 4 heteroatoms. The number of aryl methyl sites for hydroxylation is 2. The summed E-state index contributed by atoms with van der Waals surface area (Å²) < 4.78 is 0. The molecule has 0 saturated heterocycles. The quantitative estimate of drug-likeness (QED) is 0.715. The van der Waals surface area contributed by atoms with Gasteiger partial charge in [-0.2, -0.15) is 0 Å². The summed E-state index contributed by atoms with van der Waals surface area (Å²) in [6.07, 6.45) is 4.51. The van der Waals surface area contributed by atoms with Gasteiger partial charge in [0, 0.05) is 33.2 Å². The molecular formula is C24H27NO2S. The number of ketones is 1. The van der Waals surface area contributed by atoms with Gasteiger partial charge in [-0.15, -0.1) is 0 Å². The lowest BCUT2D eigenvalue weighted by Gasteiger charge is -2.36. The Bertz CT molecular complexity index is 874. The minimum Gasteiger partial charge on any atom is -0.326 e. The van der Waals surface area contributed by atoms with Crippen molar-refractivity contribution in [1.29, 1.82) is 0 Å². The Morgan fingerprint density at radius 3 is 2.36 bits per heavy atom. The monoisotopic (exact) mass is 393 g/mol. The minimum absolute atomic E-state index is 0.0306. The third-order valence-electron chi connectivity index (χ3n) is 6.11. The molecule has 1 amide bonds. The van der Waals surface area contributed by atoms with Gasteiger partial charge in [0.15, 0.2) is 0 Å². The van der Waals surface area contributed by atoms with Gasteiger partial charge in [-0.25, -0.2) is 0 Å². The molecule has 2 bridgehead atoms. The van der Waals surface area contributed by atoms with E-state index in [0.29, 0.717) is 5.78 Å². The van der Waals surface area contributed by atoms with Crippen LogP contribution < -0.4 is 5.32 Å². The second-order valence-electron chi connectivity index (χ2n) is 8.28. The van der Waals surface area contributed by atoms with Crippen molar-refractivity contribution in [1.82, 2.24) is 0 Å². The molecule has 2 aliphatic rings. The van der Waals surface area contributed by atoms with E-state index in [1.54, 1.807) is 11.8 Å². The molecule has 2 aliphatic carbocycles. The van der Waals surface area contributed by atoms with Crippen molar-refractivity contribution in [3.8, 4) is 0 Å². The van der Waals surface area contributed by atoms with Crippen LogP contribution in [-0.4, -0.2) is 11.7 Å². The van der Waals surface area contributed by atoms with Crippen molar-refractivity contribution in [3.05, 3.63) is 53.6 Å². The van der Waals surface area contributed by atoms with Gasteiger partial charge in [0.25, 0.3) is 0 Å². The predicted molar refractivity (Wildman–Crippen MR) is 114 cm³/mol. The van der Waals surface area contributed by atoms with Crippen LogP contribution in [-0.2, 0) is 9.59 Å². The summed E-state index contributed by atoms with van der Waals surface area (Å²) in [4.78, 5) is 27.4. The van der Waals surface area contributed by atoms with Gasteiger partial charge >= 0.3 is 0 Å². The van der Waals surface area contributed by atoms with Gasteiger partial charge in [-0.05, 0) is 81.0 Å². The second kappa shape index (κ2) is 8.12. The van der Waals surface area contributed by atoms with Crippen molar-refractivity contribution < 1.29 is 9.59 Å². The number of carbonyl (C=O) groups is 2. The normalized spacial score (nSPS) is 24.1. The average Bonchev–Trinajstić information content (AvgIpc) is 2.66. The Labute approximate surface area is 171 Å². The summed E-state index contributed by atoms with van der Waals surface area (Å²) in [5.74, 6) is 0.665. The smallest absolute Gasteiger partial charge is 0.227 e. The number of nitrogens with one attached hydrogen (secondary N) is 1. The number of rotatable bonds is 4. The van der Waals surface area contributed by atoms with E-state index in [-0.39, 0.29) is 23.7 Å². The zero-order chi connectivity index (χ0) is 19.7. The Morgan fingerprint density at radius 2 is 1.68 bits per heavy atom. The highest BCUT2D eigenvalue weighted by atomic mass is 32.2. The van der Waals surface area contributed by atoms with Gasteiger partial charge in [0.05, 0.1) is 0 Å². The summed E-state index contributed by atoms with van der Waals surface area (Å²) >= 11 is 1.75. The fraction of sp³-hybridized carbons (Fsp3) is 0.417. The summed E-state index contributed by atoms with van der Waals surface area (Å²) in [5.41, 5.74) is 3.36. The van der Waals surface area contributed by atoms with E-state index in [9.17, 15) is 9.59 Å². The molecule has 0 aliphatic heterocycles. The maximum atomic E-state index is 12.7. The lowest BCUT2D eigenvalue weighted by atomic mass is 9.67. The molecule has 146 valence electrons. The maximum Gasteiger partial charge on any atom is 0.227 e. The summed E-state index contributed by atoms with van der Waals surface area (Å²) in [5, 5.41) is 3.07. The third-order valence-corrected chi connectivity index (χ3v) is 7.28. The molecule has 2 unspecified atom stereocenters. The van der Waals surface area contributed by atoms with E-state index in [1.165, 1.54) is 16.0 Å². The highest BCUT2D eigenvalue weighted by molar-refractivity contribution is 7.99. The first-order valence-corrected chi connectivity index (χ1v) is 11.0. The Balaban J connectivity index is 1.38. The zero-order valence-electron chi connectivity index (χ0n) is 16.5. The van der Waals surface area contributed by atoms with Crippen LogP contribution in [0.5, 0.6) is 0 Å². The van der Waals surface area contributed by atoms with Crippen LogP contribution in [0.25, 0.3) is 0 Å². The topological polar surface area (TPSA) is 46.2 Å². The molecule has 2 aromatic rings. The number of hydrogen-bond acceptors (Lipinski definition) is 3. The molecule has 2 aromatic carbocycles. The number of Topliss-reactive ketones (excluding diaryl/α,β-unsaturated/α-hetero) is 1. The Morgan fingerprint density at radius 1 is 1.00 bits per heavy atom. The van der Waals surface area contributed by atoms with Crippen LogP contribution in [0, 0.1) is 31.6 Å². The molecule has 28 heavy (non-hydrogen) atoms. The number of benzene rings is 2. The molecule has 0 spiro atoms. The Hall–Kier alpha value is -2.07. The maximum absolute atomic E-state index is 12.7. The molecule has 4 rings (SSSR count). The largest absolute Gasteiger partial charge is 0.326 e. The summed E-state index contributed by atoms with van der Waals surface area (Å²) in [6, 6.07) is 14.5. The van der Waals surface area contributed by atoms with Crippen LogP contribution in [0.15, 0.2) is 52.3 Å². The van der Waals surface area contributed by atoms with E-state index in [2.05, 4.69) is 49.5 Å². The van der Waals surface area contributed by atoms with Crippen molar-refractivity contribution in [2.45, 2.75) is 55.7 Å². The first-order chi connectivity index (χ1) is 13.5. The van der Waals surface area contributed by atoms with Gasteiger partial charge in [0.2, 0.25) is 5.91 Å². The van der Waals surface area contributed by atoms with Gasteiger partial charge in [-0.3, -0.25) is 9.59 Å². The standard InChI is InChI=1S/C24H27NO2S/c1-15-6-7-16(2)22(12-15)28-21-10-8-20(9-11-21)25-24(27)19-13-17-4-3-5-18(14-19)23(17)26/h6-12,17-19H,3-5,13-14H2,1-2H3,(H,25,27). The fourth-order valence-electron chi connectivity index (χ4n) is 4.49. The SMILES string of the molecule is Cc1ccc(C)c(Sc2ccc(NC(=O)C3CC4CCCC(C3)C4=O)cc2)c1. The molecule has 2 fully saturated rings. The van der Waals surface area contributed by atoms with Crippen molar-refractivity contribution in [2.75, 3.05) is 5.32 Å². The van der Waals surface area contributed by atoms with Crippen LogP contribution in [0.4, 0.5) is 5.69 Å². The number of hydrogen-bond donors (Lipinski definition) is 1. The highest BCUT2D eigenvalue weighted by Crippen LogP contribution is 2.40. The fourth-order valence-corrected chi connectivity index (χ4v) is 5.49. The summed E-state index contributed by atoms with van der Waals surface area (Å²) in [7, 11) is 0. The van der Waals surface area contributed by atoms with Crippen molar-refractivity contribution in [2.24, 2.45) is 17.8 Å². The third kappa shape index (κ3) is 4.17. The van der Waals surface area contributed by atoms with E-state index in [1.807, 2.05) is 12.1 Å². The first-order valence-electron chi connectivity index (χ1n) is 10.2. The molecule has 2 saturated carbocycles. The van der Waals surface area contributed by atoms with E-state index < -0.39 is 0 Å². The average molecular weight is 394 g/mol. The second-order valence-corrected chi connectivity index (χ2v) is 9.40. The lowest BCUT2D eigenvalue weighted by molar-refractivity contribution is -0.136. The van der Waals surface area contributed by atoms with Gasteiger partial charge < -0.3 is 5.32 Å². The van der Waals surface area contributed by atoms with E-state index in [0.717, 1.165) is 42.7 Å². The number of fused-ring (bicyclic) bond motifs is 2. The van der Waals surface area contributed by atoms with E-state index >= 15 is 0 Å². The van der Waals surface area contributed by atoms with Crippen LogP contribution in [0.1, 0.15) is 43.2 Å². The Kier molecular flexibility index (Phi) is 5.58. The summed E-state index contributed by atoms with van der Waals surface area (Å²) in [6.45, 7) is 4.23. The predicted octanol–water partition coefficient (Wildman–Crippen LogP) is 5.79. The van der Waals surface area contributed by atoms with Crippen molar-refractivity contribution in [3.63, 3.8) is 0 Å². The minimum atomic E-state index is -0.0306. The highest BCUT2D eigenvalue weighted by Gasteiger charge is 2.41. The number of carbonyl (C=O) groups excluding carboxylic acids is 2. The van der Waals surface area contributed by atoms with Crippen LogP contribution in [0.2, 0.25) is 0 Å². The molecule has 1 N–H and O–H groups in total.